The van der Waals surface area contributed by atoms with E-state index in [9.17, 15) is 0 Å². The average molecular weight is 949 g/mol. The summed E-state index contributed by atoms with van der Waals surface area (Å²) in [6.45, 7) is 38.8. The van der Waals surface area contributed by atoms with Gasteiger partial charge in [0.15, 0.2) is 0 Å². The monoisotopic (exact) mass is 949 g/mol. The molecule has 6 aromatic carbocycles. The Balaban J connectivity index is 1.23. The maximum Gasteiger partial charge on any atom is 0.297 e. The van der Waals surface area contributed by atoms with E-state index in [-0.39, 0.29) is 44.6 Å². The van der Waals surface area contributed by atoms with Crippen molar-refractivity contribution in [3.63, 3.8) is 0 Å². The first kappa shape index (κ1) is 47.6. The highest BCUT2D eigenvalue weighted by Crippen LogP contribution is 2.56. The van der Waals surface area contributed by atoms with Crippen LogP contribution in [0.15, 0.2) is 101 Å². The summed E-state index contributed by atoms with van der Waals surface area (Å²) in [4.78, 5) is 5.35. The van der Waals surface area contributed by atoms with Crippen LogP contribution < -0.4 is 31.8 Å². The molecule has 368 valence electrons. The number of furan rings is 1. The average Bonchev–Trinajstić information content (AvgIpc) is 3.68. The minimum absolute atomic E-state index is 0.0181. The predicted molar refractivity (Wildman–Crippen MR) is 313 cm³/mol. The van der Waals surface area contributed by atoms with E-state index < -0.39 is 0 Å². The predicted octanol–water partition coefficient (Wildman–Crippen LogP) is 15.1. The van der Waals surface area contributed by atoms with Crippen LogP contribution >= 0.6 is 0 Å². The third kappa shape index (κ3) is 6.90. The van der Waals surface area contributed by atoms with Crippen molar-refractivity contribution in [1.82, 2.24) is 0 Å². The number of aryl methyl sites for hydroxylation is 1. The van der Waals surface area contributed by atoms with Gasteiger partial charge in [-0.1, -0.05) is 152 Å². The Kier molecular flexibility index (Phi) is 9.98. The second-order valence-corrected chi connectivity index (χ2v) is 28.3. The fourth-order valence-corrected chi connectivity index (χ4v) is 14.3. The van der Waals surface area contributed by atoms with Crippen LogP contribution in [-0.4, -0.2) is 14.6 Å². The van der Waals surface area contributed by atoms with Crippen LogP contribution in [0.3, 0.4) is 0 Å². The zero-order valence-corrected chi connectivity index (χ0v) is 46.9. The minimum Gasteiger partial charge on any atom is -0.468 e. The normalized spacial score (nSPS) is 20.2. The molecular weight excluding hydrogens is 870 g/mol. The standard InChI is InChI=1S/C67H78B2N2O/c1-39-31-55-58-56(32-39)71(54-37-49-47(64(9,10)27-29-66(49,13)14)35-43(54)42-19-17-18-20-51(42)68)53-24-21-40(61(2,3)4)33-52(53)69(58)60-59(44-36-48-50(38-57(44)72-60)67(15,16)30-28-65(48,11)12)70(55)41-22-23-45-46(34-41)63(7,8)26-25-62(45,5)6/h17-24,31-38H,25-30,68H2,1-16H3. The number of anilines is 6. The topological polar surface area (TPSA) is 19.6 Å². The van der Waals surface area contributed by atoms with Gasteiger partial charge < -0.3 is 14.2 Å². The van der Waals surface area contributed by atoms with Gasteiger partial charge in [-0.15, -0.1) is 0 Å². The molecule has 0 bridgehead atoms. The Morgan fingerprint density at radius 3 is 1.62 bits per heavy atom. The van der Waals surface area contributed by atoms with Crippen molar-refractivity contribution < 1.29 is 4.42 Å². The summed E-state index contributed by atoms with van der Waals surface area (Å²) in [6, 6.07) is 39.3. The molecule has 0 spiro atoms. The van der Waals surface area contributed by atoms with Crippen LogP contribution in [0.1, 0.15) is 187 Å². The van der Waals surface area contributed by atoms with E-state index in [4.69, 9.17) is 4.42 Å². The van der Waals surface area contributed by atoms with E-state index in [0.29, 0.717) is 0 Å². The molecule has 7 aromatic rings. The molecule has 0 atom stereocenters. The molecular formula is C67H78B2N2O. The smallest absolute Gasteiger partial charge is 0.297 e. The second kappa shape index (κ2) is 15.1. The lowest BCUT2D eigenvalue weighted by Crippen LogP contribution is -2.61. The van der Waals surface area contributed by atoms with Gasteiger partial charge in [-0.3, -0.25) is 0 Å². The molecule has 2 aliphatic heterocycles. The SMILES string of the molecule is Bc1ccccc1-c1cc2c(cc1N1c3ccc(C(C)(C)C)cc3B3c4oc5cc6c(cc5c4N(c4ccc5c(c4)C(C)(C)CCC5(C)C)c4cc(C)cc1c43)C(C)(C)CCC6(C)C)C(C)(C)CCC2(C)C. The van der Waals surface area contributed by atoms with Crippen LogP contribution in [0.4, 0.5) is 34.1 Å². The van der Waals surface area contributed by atoms with E-state index in [0.717, 1.165) is 36.9 Å². The van der Waals surface area contributed by atoms with Gasteiger partial charge in [0, 0.05) is 33.7 Å². The molecule has 3 nitrogen and oxygen atoms in total. The quantitative estimate of drug-likeness (QED) is 0.165. The Morgan fingerprint density at radius 1 is 0.500 bits per heavy atom. The van der Waals surface area contributed by atoms with Gasteiger partial charge in [0.25, 0.3) is 6.71 Å². The number of nitrogens with zero attached hydrogens (tertiary/aromatic N) is 2. The summed E-state index contributed by atoms with van der Waals surface area (Å²) in [6.07, 6.45) is 6.98. The first-order valence-corrected chi connectivity index (χ1v) is 27.5. The summed E-state index contributed by atoms with van der Waals surface area (Å²) in [7, 11) is 2.29. The molecule has 3 heterocycles. The third-order valence-corrected chi connectivity index (χ3v) is 19.4. The van der Waals surface area contributed by atoms with Gasteiger partial charge in [-0.2, -0.15) is 0 Å². The van der Waals surface area contributed by atoms with Gasteiger partial charge in [-0.25, -0.2) is 0 Å². The van der Waals surface area contributed by atoms with Crippen molar-refractivity contribution in [1.29, 1.82) is 0 Å². The fourth-order valence-electron chi connectivity index (χ4n) is 14.3. The molecule has 5 aliphatic rings. The summed E-state index contributed by atoms with van der Waals surface area (Å²) in [5.74, 6) is 0. The molecule has 3 aliphatic carbocycles. The number of benzene rings is 6. The molecule has 0 fully saturated rings. The second-order valence-electron chi connectivity index (χ2n) is 28.3. The fraction of sp³-hybridized carbons (Fsp3) is 0.433. The Morgan fingerprint density at radius 2 is 1.03 bits per heavy atom. The first-order valence-electron chi connectivity index (χ1n) is 27.5. The minimum atomic E-state index is -0.135. The van der Waals surface area contributed by atoms with E-state index in [2.05, 4.69) is 225 Å². The molecule has 5 heteroatoms. The summed E-state index contributed by atoms with van der Waals surface area (Å²) in [5, 5.41) is 1.22. The van der Waals surface area contributed by atoms with E-state index in [1.54, 1.807) is 0 Å². The van der Waals surface area contributed by atoms with Crippen molar-refractivity contribution in [2.75, 3.05) is 9.80 Å². The highest BCUT2D eigenvalue weighted by atomic mass is 16.3. The van der Waals surface area contributed by atoms with Gasteiger partial charge in [0.05, 0.1) is 17.0 Å². The molecule has 0 N–H and O–H groups in total. The summed E-state index contributed by atoms with van der Waals surface area (Å²) >= 11 is 0. The molecule has 12 rings (SSSR count). The lowest BCUT2D eigenvalue weighted by Gasteiger charge is -2.46. The molecule has 0 unspecified atom stereocenters. The number of hydrogen-bond donors (Lipinski definition) is 0. The van der Waals surface area contributed by atoms with Crippen LogP contribution in [0, 0.1) is 6.92 Å². The molecule has 1 aromatic heterocycles. The molecule has 0 radical (unpaired) electrons. The lowest BCUT2D eigenvalue weighted by atomic mass is 9.35. The first-order chi connectivity index (χ1) is 33.6. The highest BCUT2D eigenvalue weighted by Gasteiger charge is 2.50. The summed E-state index contributed by atoms with van der Waals surface area (Å²) in [5.41, 5.74) is 27.6. The van der Waals surface area contributed by atoms with E-state index in [1.807, 2.05) is 0 Å². The number of hydrogen-bond acceptors (Lipinski definition) is 3. The molecule has 0 saturated heterocycles. The van der Waals surface area contributed by atoms with Gasteiger partial charge >= 0.3 is 0 Å². The maximum atomic E-state index is 7.73. The van der Waals surface area contributed by atoms with Crippen molar-refractivity contribution >= 4 is 81.7 Å². The van der Waals surface area contributed by atoms with Gasteiger partial charge in [0.1, 0.15) is 13.4 Å². The van der Waals surface area contributed by atoms with E-state index >= 15 is 0 Å². The van der Waals surface area contributed by atoms with Crippen molar-refractivity contribution in [3.05, 3.63) is 142 Å². The van der Waals surface area contributed by atoms with Crippen LogP contribution in [0.2, 0.25) is 0 Å². The Bertz CT molecular complexity index is 3460. The van der Waals surface area contributed by atoms with Crippen LogP contribution in [0.25, 0.3) is 22.1 Å². The lowest BCUT2D eigenvalue weighted by molar-refractivity contribution is 0.332. The van der Waals surface area contributed by atoms with E-state index in [1.165, 1.54) is 124 Å². The van der Waals surface area contributed by atoms with Crippen molar-refractivity contribution in [2.45, 2.75) is 187 Å². The largest absolute Gasteiger partial charge is 0.468 e. The Hall–Kier alpha value is -5.41. The van der Waals surface area contributed by atoms with Crippen molar-refractivity contribution in [3.8, 4) is 11.1 Å². The maximum absolute atomic E-state index is 7.73. The number of rotatable bonds is 3. The van der Waals surface area contributed by atoms with Crippen molar-refractivity contribution in [2.24, 2.45) is 0 Å². The highest BCUT2D eigenvalue weighted by molar-refractivity contribution is 7.00. The molecule has 72 heavy (non-hydrogen) atoms. The van der Waals surface area contributed by atoms with Crippen LogP contribution in [-0.2, 0) is 37.9 Å². The molecule has 0 saturated carbocycles. The number of fused-ring (bicyclic) bond motifs is 9. The van der Waals surface area contributed by atoms with Crippen LogP contribution in [0.5, 0.6) is 0 Å². The zero-order valence-electron chi connectivity index (χ0n) is 46.9. The zero-order chi connectivity index (χ0) is 51.2. The summed E-state index contributed by atoms with van der Waals surface area (Å²) < 4.78 is 7.73. The Labute approximate surface area is 433 Å². The van der Waals surface area contributed by atoms with Gasteiger partial charge in [0.2, 0.25) is 0 Å². The molecule has 0 amide bonds. The third-order valence-electron chi connectivity index (χ3n) is 19.4. The van der Waals surface area contributed by atoms with Gasteiger partial charge in [-0.05, 0) is 199 Å².